The highest BCUT2D eigenvalue weighted by molar-refractivity contribution is 5.81. The molecule has 0 aromatic rings. The summed E-state index contributed by atoms with van der Waals surface area (Å²) in [5, 5.41) is 6.57. The van der Waals surface area contributed by atoms with Crippen LogP contribution >= 0.6 is 0 Å². The molecule has 4 heteroatoms. The van der Waals surface area contributed by atoms with Crippen molar-refractivity contribution >= 4 is 5.91 Å². The number of carbonyl (C=O) groups is 1. The molecular weight excluding hydrogens is 238 g/mol. The number of nitrogens with one attached hydrogen (secondary N) is 2. The normalized spacial score (nSPS) is 31.5. The second kappa shape index (κ2) is 6.71. The molecule has 3 aliphatic heterocycles. The summed E-state index contributed by atoms with van der Waals surface area (Å²) >= 11 is 0. The third-order valence-electron chi connectivity index (χ3n) is 4.53. The van der Waals surface area contributed by atoms with Crippen molar-refractivity contribution in [2.75, 3.05) is 26.2 Å². The minimum absolute atomic E-state index is 0.0716. The Bertz CT molecular complexity index is 298. The molecule has 3 heterocycles. The van der Waals surface area contributed by atoms with Crippen molar-refractivity contribution < 1.29 is 4.79 Å². The van der Waals surface area contributed by atoms with Crippen LogP contribution in [0.15, 0.2) is 0 Å². The number of carbonyl (C=O) groups excluding carboxylic acids is 1. The van der Waals surface area contributed by atoms with Gasteiger partial charge in [-0.2, -0.15) is 0 Å². The molecule has 0 spiro atoms. The van der Waals surface area contributed by atoms with Gasteiger partial charge in [-0.1, -0.05) is 13.8 Å². The Morgan fingerprint density at radius 3 is 2.47 bits per heavy atom. The average Bonchev–Trinajstić information content (AvgIpc) is 2.39. The van der Waals surface area contributed by atoms with Crippen molar-refractivity contribution in [1.29, 1.82) is 0 Å². The van der Waals surface area contributed by atoms with Gasteiger partial charge in [-0.05, 0) is 51.1 Å². The average molecular weight is 267 g/mol. The number of piperidine rings is 3. The molecule has 0 radical (unpaired) electrons. The van der Waals surface area contributed by atoms with E-state index in [2.05, 4.69) is 29.4 Å². The number of fused-ring (bicyclic) bond motifs is 3. The van der Waals surface area contributed by atoms with E-state index < -0.39 is 0 Å². The highest BCUT2D eigenvalue weighted by Crippen LogP contribution is 2.27. The summed E-state index contributed by atoms with van der Waals surface area (Å²) in [6.07, 6.45) is 3.64. The lowest BCUT2D eigenvalue weighted by Crippen LogP contribution is -2.59. The molecule has 19 heavy (non-hydrogen) atoms. The van der Waals surface area contributed by atoms with E-state index in [-0.39, 0.29) is 11.9 Å². The fraction of sp³-hybridized carbons (Fsp3) is 0.933. The molecule has 2 bridgehead atoms. The predicted octanol–water partition coefficient (Wildman–Crippen LogP) is 1.22. The molecule has 3 rings (SSSR count). The molecule has 4 nitrogen and oxygen atoms in total. The maximum absolute atomic E-state index is 12.0. The van der Waals surface area contributed by atoms with Gasteiger partial charge in [0.15, 0.2) is 0 Å². The zero-order valence-electron chi connectivity index (χ0n) is 12.6. The SMILES string of the molecule is CC(C)CCNC(=O)C(C)NC1CN2CCC1CC2. The van der Waals surface area contributed by atoms with Gasteiger partial charge in [0.05, 0.1) is 6.04 Å². The Labute approximate surface area is 117 Å². The molecule has 2 N–H and O–H groups in total. The van der Waals surface area contributed by atoms with Crippen LogP contribution in [0.1, 0.15) is 40.0 Å². The molecule has 1 amide bonds. The van der Waals surface area contributed by atoms with Crippen LogP contribution < -0.4 is 10.6 Å². The fourth-order valence-corrected chi connectivity index (χ4v) is 3.19. The smallest absolute Gasteiger partial charge is 0.236 e. The standard InChI is InChI=1S/C15H29N3O/c1-11(2)4-7-16-15(19)12(3)17-14-10-18-8-5-13(14)6-9-18/h11-14,17H,4-10H2,1-3H3,(H,16,19). The summed E-state index contributed by atoms with van der Waals surface area (Å²) < 4.78 is 0. The van der Waals surface area contributed by atoms with E-state index >= 15 is 0 Å². The number of amides is 1. The topological polar surface area (TPSA) is 44.4 Å². The van der Waals surface area contributed by atoms with Crippen LogP contribution in [0.25, 0.3) is 0 Å². The van der Waals surface area contributed by atoms with Crippen molar-refractivity contribution in [3.63, 3.8) is 0 Å². The Morgan fingerprint density at radius 2 is 1.95 bits per heavy atom. The molecule has 3 fully saturated rings. The molecular formula is C15H29N3O. The van der Waals surface area contributed by atoms with E-state index in [1.165, 1.54) is 25.9 Å². The van der Waals surface area contributed by atoms with Crippen LogP contribution in [0.4, 0.5) is 0 Å². The second-order valence-electron chi connectivity index (χ2n) is 6.61. The van der Waals surface area contributed by atoms with Crippen LogP contribution in [-0.2, 0) is 4.79 Å². The monoisotopic (exact) mass is 267 g/mol. The first-order valence-electron chi connectivity index (χ1n) is 7.82. The van der Waals surface area contributed by atoms with Crippen molar-refractivity contribution in [2.45, 2.75) is 52.1 Å². The van der Waals surface area contributed by atoms with E-state index in [0.29, 0.717) is 12.0 Å². The largest absolute Gasteiger partial charge is 0.355 e. The quantitative estimate of drug-likeness (QED) is 0.760. The third kappa shape index (κ3) is 4.18. The molecule has 3 saturated heterocycles. The summed E-state index contributed by atoms with van der Waals surface area (Å²) in [5.41, 5.74) is 0. The first-order valence-corrected chi connectivity index (χ1v) is 7.82. The van der Waals surface area contributed by atoms with Crippen molar-refractivity contribution in [3.8, 4) is 0 Å². The summed E-state index contributed by atoms with van der Waals surface area (Å²) in [6, 6.07) is 0.436. The summed E-state index contributed by atoms with van der Waals surface area (Å²) in [4.78, 5) is 14.5. The second-order valence-corrected chi connectivity index (χ2v) is 6.61. The van der Waals surface area contributed by atoms with Crippen LogP contribution in [0, 0.1) is 11.8 Å². The van der Waals surface area contributed by atoms with Gasteiger partial charge in [0.1, 0.15) is 0 Å². The highest BCUT2D eigenvalue weighted by atomic mass is 16.2. The molecule has 0 aromatic heterocycles. The highest BCUT2D eigenvalue weighted by Gasteiger charge is 2.35. The molecule has 2 unspecified atom stereocenters. The summed E-state index contributed by atoms with van der Waals surface area (Å²) in [7, 11) is 0. The van der Waals surface area contributed by atoms with Crippen LogP contribution in [-0.4, -0.2) is 49.1 Å². The molecule has 0 aromatic carbocycles. The molecule has 110 valence electrons. The molecule has 0 saturated carbocycles. The van der Waals surface area contributed by atoms with Crippen LogP contribution in [0.2, 0.25) is 0 Å². The minimum atomic E-state index is -0.0716. The van der Waals surface area contributed by atoms with E-state index in [1.54, 1.807) is 0 Å². The van der Waals surface area contributed by atoms with Gasteiger partial charge in [0, 0.05) is 19.1 Å². The number of hydrogen-bond donors (Lipinski definition) is 2. The summed E-state index contributed by atoms with van der Waals surface area (Å²) in [6.45, 7) is 10.8. The van der Waals surface area contributed by atoms with Gasteiger partial charge < -0.3 is 15.5 Å². The van der Waals surface area contributed by atoms with Gasteiger partial charge in [-0.25, -0.2) is 0 Å². The Morgan fingerprint density at radius 1 is 1.26 bits per heavy atom. The van der Waals surface area contributed by atoms with Crippen molar-refractivity contribution in [3.05, 3.63) is 0 Å². The number of hydrogen-bond acceptors (Lipinski definition) is 3. The minimum Gasteiger partial charge on any atom is -0.355 e. The summed E-state index contributed by atoms with van der Waals surface area (Å²) in [5.74, 6) is 1.57. The lowest BCUT2D eigenvalue weighted by Gasteiger charge is -2.45. The predicted molar refractivity (Wildman–Crippen MR) is 78.0 cm³/mol. The molecule has 2 atom stereocenters. The maximum Gasteiger partial charge on any atom is 0.236 e. The van der Waals surface area contributed by atoms with Crippen LogP contribution in [0.3, 0.4) is 0 Å². The van der Waals surface area contributed by atoms with Gasteiger partial charge in [0.2, 0.25) is 5.91 Å². The van der Waals surface area contributed by atoms with E-state index in [1.807, 2.05) is 6.92 Å². The lowest BCUT2D eigenvalue weighted by atomic mass is 9.83. The molecule has 3 aliphatic rings. The van der Waals surface area contributed by atoms with E-state index in [0.717, 1.165) is 25.4 Å². The van der Waals surface area contributed by atoms with E-state index in [4.69, 9.17) is 0 Å². The van der Waals surface area contributed by atoms with Gasteiger partial charge in [-0.3, -0.25) is 4.79 Å². The van der Waals surface area contributed by atoms with E-state index in [9.17, 15) is 4.79 Å². The number of rotatable bonds is 6. The van der Waals surface area contributed by atoms with Gasteiger partial charge in [0.25, 0.3) is 0 Å². The van der Waals surface area contributed by atoms with Crippen molar-refractivity contribution in [1.82, 2.24) is 15.5 Å². The van der Waals surface area contributed by atoms with Crippen molar-refractivity contribution in [2.24, 2.45) is 11.8 Å². The third-order valence-corrected chi connectivity index (χ3v) is 4.53. The fourth-order valence-electron chi connectivity index (χ4n) is 3.19. The molecule has 0 aliphatic carbocycles. The maximum atomic E-state index is 12.0. The Balaban J connectivity index is 1.71. The Kier molecular flexibility index (Phi) is 5.22. The zero-order valence-corrected chi connectivity index (χ0v) is 12.6. The van der Waals surface area contributed by atoms with Crippen LogP contribution in [0.5, 0.6) is 0 Å². The first-order chi connectivity index (χ1) is 9.06. The van der Waals surface area contributed by atoms with Gasteiger partial charge >= 0.3 is 0 Å². The Hall–Kier alpha value is -0.610. The lowest BCUT2D eigenvalue weighted by molar-refractivity contribution is -0.123. The number of nitrogens with zero attached hydrogens (tertiary/aromatic N) is 1. The zero-order chi connectivity index (χ0) is 13.8. The van der Waals surface area contributed by atoms with Gasteiger partial charge in [-0.15, -0.1) is 0 Å². The first kappa shape index (κ1) is 14.8.